The third kappa shape index (κ3) is 2.21. The van der Waals surface area contributed by atoms with E-state index in [-0.39, 0.29) is 11.0 Å². The second-order valence-electron chi connectivity index (χ2n) is 3.83. The molecule has 66 valence electrons. The molecule has 0 bridgehead atoms. The van der Waals surface area contributed by atoms with Gasteiger partial charge in [-0.2, -0.15) is 0 Å². The maximum atomic E-state index is 11.1. The Bertz CT molecular complexity index is 335. The van der Waals surface area contributed by atoms with Crippen molar-refractivity contribution in [3.05, 3.63) is 32.7 Å². The van der Waals surface area contributed by atoms with Crippen molar-refractivity contribution in [3.8, 4) is 0 Å². The average molecular weight is 230 g/mol. The molecule has 0 fully saturated rings. The van der Waals surface area contributed by atoms with Crippen LogP contribution >= 0.6 is 15.9 Å². The van der Waals surface area contributed by atoms with E-state index >= 15 is 0 Å². The smallest absolute Gasteiger partial charge is 0.249 e. The number of halogens is 1. The molecule has 0 saturated carbocycles. The molecule has 1 aromatic heterocycles. The van der Waals surface area contributed by atoms with Crippen LogP contribution in [0, 0.1) is 0 Å². The molecule has 0 aliphatic rings. The molecule has 0 aliphatic heterocycles. The van der Waals surface area contributed by atoms with Crippen molar-refractivity contribution < 1.29 is 0 Å². The minimum Gasteiger partial charge on any atom is -0.326 e. The summed E-state index contributed by atoms with van der Waals surface area (Å²) in [4.78, 5) is 13.9. The number of hydrogen-bond acceptors (Lipinski definition) is 1. The normalized spacial score (nSPS) is 11.7. The molecule has 0 aromatic carbocycles. The summed E-state index contributed by atoms with van der Waals surface area (Å²) >= 11 is 3.29. The summed E-state index contributed by atoms with van der Waals surface area (Å²) in [5.74, 6) is 0. The van der Waals surface area contributed by atoms with Gasteiger partial charge in [0.1, 0.15) is 0 Å². The van der Waals surface area contributed by atoms with Crippen molar-refractivity contribution in [3.63, 3.8) is 0 Å². The quantitative estimate of drug-likeness (QED) is 0.729. The monoisotopic (exact) mass is 229 g/mol. The minimum absolute atomic E-state index is 0.0110. The molecular weight excluding hydrogens is 218 g/mol. The number of aromatic amines is 1. The fourth-order valence-electron chi connectivity index (χ4n) is 0.914. The van der Waals surface area contributed by atoms with Crippen LogP contribution < -0.4 is 5.56 Å². The number of pyridine rings is 1. The first-order chi connectivity index (χ1) is 5.39. The molecule has 2 nitrogen and oxygen atoms in total. The summed E-state index contributed by atoms with van der Waals surface area (Å²) < 4.78 is 0.830. The zero-order valence-corrected chi connectivity index (χ0v) is 9.03. The number of rotatable bonds is 0. The first-order valence-electron chi connectivity index (χ1n) is 3.80. The molecule has 3 heteroatoms. The molecule has 0 amide bonds. The number of hydrogen-bond donors (Lipinski definition) is 1. The molecular formula is C9H12BrNO. The Kier molecular flexibility index (Phi) is 2.42. The second-order valence-corrected chi connectivity index (χ2v) is 4.74. The van der Waals surface area contributed by atoms with Gasteiger partial charge in [0.15, 0.2) is 0 Å². The van der Waals surface area contributed by atoms with Crippen molar-refractivity contribution in [1.29, 1.82) is 0 Å². The summed E-state index contributed by atoms with van der Waals surface area (Å²) in [5.41, 5.74) is 0.874. The first kappa shape index (κ1) is 9.52. The highest BCUT2D eigenvalue weighted by Gasteiger charge is 2.14. The standard InChI is InChI=1S/C9H12BrNO/c1-9(2,3)7-4-6(10)5-8(12)11-7/h4-5H,1-3H3,(H,11,12). The van der Waals surface area contributed by atoms with Crippen LogP contribution in [0.5, 0.6) is 0 Å². The fourth-order valence-corrected chi connectivity index (χ4v) is 1.35. The zero-order valence-electron chi connectivity index (χ0n) is 7.44. The first-order valence-corrected chi connectivity index (χ1v) is 4.59. The van der Waals surface area contributed by atoms with Crippen molar-refractivity contribution in [1.82, 2.24) is 4.98 Å². The van der Waals surface area contributed by atoms with Gasteiger partial charge in [0.05, 0.1) is 0 Å². The molecule has 1 heterocycles. The van der Waals surface area contributed by atoms with Gasteiger partial charge in [-0.05, 0) is 6.07 Å². The topological polar surface area (TPSA) is 32.9 Å². The van der Waals surface area contributed by atoms with Gasteiger partial charge in [0, 0.05) is 21.6 Å². The Labute approximate surface area is 80.1 Å². The summed E-state index contributed by atoms with van der Waals surface area (Å²) in [6.07, 6.45) is 0. The Morgan fingerprint density at radius 1 is 1.33 bits per heavy atom. The predicted octanol–water partition coefficient (Wildman–Crippen LogP) is 2.43. The van der Waals surface area contributed by atoms with Crippen LogP contribution in [0.25, 0.3) is 0 Å². The largest absolute Gasteiger partial charge is 0.326 e. The van der Waals surface area contributed by atoms with E-state index in [9.17, 15) is 4.79 Å². The van der Waals surface area contributed by atoms with Crippen molar-refractivity contribution in [2.24, 2.45) is 0 Å². The minimum atomic E-state index is -0.0608. The van der Waals surface area contributed by atoms with Crippen LogP contribution in [0.1, 0.15) is 26.5 Å². The van der Waals surface area contributed by atoms with Gasteiger partial charge in [-0.3, -0.25) is 4.79 Å². The van der Waals surface area contributed by atoms with Crippen LogP contribution in [-0.4, -0.2) is 4.98 Å². The van der Waals surface area contributed by atoms with Gasteiger partial charge in [-0.1, -0.05) is 36.7 Å². The molecule has 0 radical (unpaired) electrons. The molecule has 1 rings (SSSR count). The van der Waals surface area contributed by atoms with Gasteiger partial charge in [-0.25, -0.2) is 0 Å². The van der Waals surface area contributed by atoms with Crippen LogP contribution in [0.3, 0.4) is 0 Å². The van der Waals surface area contributed by atoms with Crippen molar-refractivity contribution in [2.45, 2.75) is 26.2 Å². The van der Waals surface area contributed by atoms with Crippen molar-refractivity contribution >= 4 is 15.9 Å². The van der Waals surface area contributed by atoms with Gasteiger partial charge in [0.2, 0.25) is 5.56 Å². The number of H-pyrrole nitrogens is 1. The molecule has 1 N–H and O–H groups in total. The van der Waals surface area contributed by atoms with E-state index in [0.717, 1.165) is 10.2 Å². The van der Waals surface area contributed by atoms with Crippen LogP contribution in [0.15, 0.2) is 21.4 Å². The maximum Gasteiger partial charge on any atom is 0.249 e. The van der Waals surface area contributed by atoms with E-state index < -0.39 is 0 Å². The molecule has 0 atom stereocenters. The van der Waals surface area contributed by atoms with E-state index in [4.69, 9.17) is 0 Å². The lowest BCUT2D eigenvalue weighted by molar-refractivity contribution is 0.566. The maximum absolute atomic E-state index is 11.1. The van der Waals surface area contributed by atoms with Crippen molar-refractivity contribution in [2.75, 3.05) is 0 Å². The van der Waals surface area contributed by atoms with E-state index in [1.54, 1.807) is 0 Å². The summed E-state index contributed by atoms with van der Waals surface area (Å²) in [5, 5.41) is 0. The van der Waals surface area contributed by atoms with Gasteiger partial charge < -0.3 is 4.98 Å². The number of aromatic nitrogens is 1. The fraction of sp³-hybridized carbons (Fsp3) is 0.444. The average Bonchev–Trinajstić information content (AvgIpc) is 1.82. The SMILES string of the molecule is CC(C)(C)c1cc(Br)cc(=O)[nH]1. The lowest BCUT2D eigenvalue weighted by Crippen LogP contribution is -2.18. The molecule has 1 aromatic rings. The molecule has 12 heavy (non-hydrogen) atoms. The summed E-state index contributed by atoms with van der Waals surface area (Å²) in [7, 11) is 0. The zero-order chi connectivity index (χ0) is 9.35. The van der Waals surface area contributed by atoms with E-state index in [1.165, 1.54) is 6.07 Å². The van der Waals surface area contributed by atoms with Crippen LogP contribution in [-0.2, 0) is 5.41 Å². The highest BCUT2D eigenvalue weighted by molar-refractivity contribution is 9.10. The third-order valence-electron chi connectivity index (χ3n) is 1.62. The van der Waals surface area contributed by atoms with Gasteiger partial charge in [-0.15, -0.1) is 0 Å². The summed E-state index contributed by atoms with van der Waals surface area (Å²) in [6.45, 7) is 6.18. The Morgan fingerprint density at radius 3 is 2.33 bits per heavy atom. The Hall–Kier alpha value is -0.570. The van der Waals surface area contributed by atoms with Gasteiger partial charge >= 0.3 is 0 Å². The molecule has 0 aliphatic carbocycles. The lowest BCUT2D eigenvalue weighted by Gasteiger charge is -2.18. The Morgan fingerprint density at radius 2 is 1.92 bits per heavy atom. The lowest BCUT2D eigenvalue weighted by atomic mass is 9.92. The molecule has 0 saturated heterocycles. The molecule has 0 unspecified atom stereocenters. The van der Waals surface area contributed by atoms with E-state index in [1.807, 2.05) is 6.07 Å². The second kappa shape index (κ2) is 3.05. The highest BCUT2D eigenvalue weighted by Crippen LogP contribution is 2.20. The highest BCUT2D eigenvalue weighted by atomic mass is 79.9. The Balaban J connectivity index is 3.27. The van der Waals surface area contributed by atoms with Crippen LogP contribution in [0.2, 0.25) is 0 Å². The van der Waals surface area contributed by atoms with Crippen LogP contribution in [0.4, 0.5) is 0 Å². The van der Waals surface area contributed by atoms with E-state index in [0.29, 0.717) is 0 Å². The third-order valence-corrected chi connectivity index (χ3v) is 2.07. The van der Waals surface area contributed by atoms with E-state index in [2.05, 4.69) is 41.7 Å². The summed E-state index contributed by atoms with van der Waals surface area (Å²) in [6, 6.07) is 3.46. The number of nitrogens with one attached hydrogen (secondary N) is 1. The van der Waals surface area contributed by atoms with Gasteiger partial charge in [0.25, 0.3) is 0 Å². The predicted molar refractivity (Wildman–Crippen MR) is 53.5 cm³/mol. The molecule has 0 spiro atoms.